The minimum Gasteiger partial charge on any atom is -0.477 e. The minimum atomic E-state index is 0.00669. The van der Waals surface area contributed by atoms with Crippen molar-refractivity contribution in [1.29, 1.82) is 0 Å². The maximum Gasteiger partial charge on any atom is 0.279 e. The van der Waals surface area contributed by atoms with Crippen LogP contribution in [0, 0.1) is 5.92 Å². The van der Waals surface area contributed by atoms with Gasteiger partial charge in [0.2, 0.25) is 0 Å². The van der Waals surface area contributed by atoms with E-state index in [9.17, 15) is 4.79 Å². The molecule has 0 aliphatic heterocycles. The van der Waals surface area contributed by atoms with Crippen LogP contribution in [-0.2, 0) is 6.42 Å². The summed E-state index contributed by atoms with van der Waals surface area (Å²) in [4.78, 5) is 23.3. The van der Waals surface area contributed by atoms with Gasteiger partial charge in [-0.3, -0.25) is 4.79 Å². The Balaban J connectivity index is 2.63. The van der Waals surface area contributed by atoms with Gasteiger partial charge in [0.25, 0.3) is 11.8 Å². The van der Waals surface area contributed by atoms with E-state index < -0.39 is 0 Å². The molecule has 0 aliphatic rings. The van der Waals surface area contributed by atoms with Gasteiger partial charge in [0, 0.05) is 11.5 Å². The van der Waals surface area contributed by atoms with Gasteiger partial charge >= 0.3 is 0 Å². The normalized spacial score (nSPS) is 12.4. The number of carbonyl (C=O) groups is 1. The van der Waals surface area contributed by atoms with Gasteiger partial charge in [0.1, 0.15) is 10.3 Å². The van der Waals surface area contributed by atoms with Crippen LogP contribution in [0.15, 0.2) is 0 Å². The zero-order valence-electron chi connectivity index (χ0n) is 14.4. The topological polar surface area (TPSA) is 61.3 Å². The number of unbranched alkanes of at least 4 members (excludes halogenated alkanes) is 1. The van der Waals surface area contributed by atoms with Crippen molar-refractivity contribution in [3.8, 4) is 11.8 Å². The van der Waals surface area contributed by atoms with Crippen LogP contribution in [-0.4, -0.2) is 30.0 Å². The number of fused-ring (bicyclic) bond motifs is 1. The number of methoxy groups -OCH3 is 2. The van der Waals surface area contributed by atoms with Crippen LogP contribution >= 0.6 is 11.3 Å². The maximum absolute atomic E-state index is 12.7. The number of Topliss-reactive ketones (excluding diaryl/α,β-unsaturated/α-hetero) is 1. The highest BCUT2D eigenvalue weighted by Crippen LogP contribution is 2.36. The Morgan fingerprint density at radius 3 is 2.39 bits per heavy atom. The van der Waals surface area contributed by atoms with E-state index in [0.717, 1.165) is 46.5 Å². The van der Waals surface area contributed by atoms with Gasteiger partial charge in [-0.2, -0.15) is 4.98 Å². The van der Waals surface area contributed by atoms with Gasteiger partial charge in [0.05, 0.1) is 19.1 Å². The molecule has 0 saturated heterocycles. The largest absolute Gasteiger partial charge is 0.477 e. The fourth-order valence-electron chi connectivity index (χ4n) is 2.38. The van der Waals surface area contributed by atoms with E-state index in [2.05, 4.69) is 16.9 Å². The second-order valence-corrected chi connectivity index (χ2v) is 6.58. The van der Waals surface area contributed by atoms with Crippen molar-refractivity contribution in [1.82, 2.24) is 9.97 Å². The van der Waals surface area contributed by atoms with Crippen molar-refractivity contribution in [2.45, 2.75) is 46.5 Å². The SMILES string of the molecule is CCCCc1c(C(=O)C(C)CC)sc2nc(OC)c(OC)nc12. The Morgan fingerprint density at radius 1 is 1.17 bits per heavy atom. The lowest BCUT2D eigenvalue weighted by Gasteiger charge is -2.08. The van der Waals surface area contributed by atoms with E-state index in [1.54, 1.807) is 7.11 Å². The third-order valence-corrected chi connectivity index (χ3v) is 5.14. The lowest BCUT2D eigenvalue weighted by molar-refractivity contribution is 0.0930. The molecule has 0 N–H and O–H groups in total. The summed E-state index contributed by atoms with van der Waals surface area (Å²) in [6.07, 6.45) is 3.74. The number of hydrogen-bond donors (Lipinski definition) is 0. The third kappa shape index (κ3) is 3.47. The summed E-state index contributed by atoms with van der Waals surface area (Å²) < 4.78 is 10.5. The molecule has 6 heteroatoms. The standard InChI is InChI=1S/C17H24N2O3S/c1-6-8-9-11-12-17(19-16(22-5)15(18-12)21-4)23-14(11)13(20)10(3)7-2/h10H,6-9H2,1-5H3. The van der Waals surface area contributed by atoms with Crippen molar-refractivity contribution in [3.05, 3.63) is 10.4 Å². The molecular formula is C17H24N2O3S. The number of nitrogens with zero attached hydrogens (tertiary/aromatic N) is 2. The Hall–Kier alpha value is -1.69. The van der Waals surface area contributed by atoms with E-state index in [1.165, 1.54) is 18.4 Å². The van der Waals surface area contributed by atoms with Crippen molar-refractivity contribution >= 4 is 27.5 Å². The molecule has 0 spiro atoms. The molecule has 1 unspecified atom stereocenters. The van der Waals surface area contributed by atoms with Crippen molar-refractivity contribution in [3.63, 3.8) is 0 Å². The highest BCUT2D eigenvalue weighted by atomic mass is 32.1. The number of hydrogen-bond acceptors (Lipinski definition) is 6. The predicted octanol–water partition coefficient (Wildman–Crippen LogP) is 4.28. The second-order valence-electron chi connectivity index (χ2n) is 5.58. The molecule has 1 atom stereocenters. The first-order valence-corrected chi connectivity index (χ1v) is 8.84. The lowest BCUT2D eigenvalue weighted by Crippen LogP contribution is -2.10. The Morgan fingerprint density at radius 2 is 1.83 bits per heavy atom. The van der Waals surface area contributed by atoms with E-state index >= 15 is 0 Å². The lowest BCUT2D eigenvalue weighted by atomic mass is 9.98. The molecule has 0 saturated carbocycles. The molecule has 2 rings (SSSR count). The summed E-state index contributed by atoms with van der Waals surface area (Å²) in [5.74, 6) is 0.900. The number of aryl methyl sites for hydroxylation is 1. The first-order valence-electron chi connectivity index (χ1n) is 8.02. The molecule has 0 amide bonds. The van der Waals surface area contributed by atoms with Crippen LogP contribution in [0.3, 0.4) is 0 Å². The van der Waals surface area contributed by atoms with Gasteiger partial charge < -0.3 is 9.47 Å². The molecule has 0 bridgehead atoms. The summed E-state index contributed by atoms with van der Waals surface area (Å²) >= 11 is 1.42. The van der Waals surface area contributed by atoms with E-state index in [1.807, 2.05) is 13.8 Å². The Bertz CT molecular complexity index is 697. The summed E-state index contributed by atoms with van der Waals surface area (Å²) in [5.41, 5.74) is 1.78. The first-order chi connectivity index (χ1) is 11.1. The number of rotatable bonds is 8. The molecule has 0 aromatic carbocycles. The minimum absolute atomic E-state index is 0.00669. The van der Waals surface area contributed by atoms with E-state index in [-0.39, 0.29) is 11.7 Å². The van der Waals surface area contributed by atoms with Gasteiger partial charge in [0.15, 0.2) is 5.78 Å². The number of thiophene rings is 1. The molecule has 2 aromatic rings. The fourth-order valence-corrected chi connectivity index (χ4v) is 3.59. The van der Waals surface area contributed by atoms with Gasteiger partial charge in [-0.25, -0.2) is 4.98 Å². The molecule has 126 valence electrons. The quantitative estimate of drug-likeness (QED) is 0.673. The summed E-state index contributed by atoms with van der Waals surface area (Å²) in [6, 6.07) is 0. The molecule has 0 fully saturated rings. The molecule has 23 heavy (non-hydrogen) atoms. The highest BCUT2D eigenvalue weighted by Gasteiger charge is 2.24. The van der Waals surface area contributed by atoms with Gasteiger partial charge in [-0.1, -0.05) is 27.2 Å². The maximum atomic E-state index is 12.7. The number of aromatic nitrogens is 2. The van der Waals surface area contributed by atoms with Crippen LogP contribution < -0.4 is 9.47 Å². The van der Waals surface area contributed by atoms with Crippen LogP contribution in [0.25, 0.3) is 10.3 Å². The van der Waals surface area contributed by atoms with Gasteiger partial charge in [-0.05, 0) is 19.3 Å². The number of ether oxygens (including phenoxy) is 2. The molecular weight excluding hydrogens is 312 g/mol. The van der Waals surface area contributed by atoms with Crippen molar-refractivity contribution in [2.75, 3.05) is 14.2 Å². The van der Waals surface area contributed by atoms with E-state index in [4.69, 9.17) is 9.47 Å². The van der Waals surface area contributed by atoms with Crippen molar-refractivity contribution in [2.24, 2.45) is 5.92 Å². The third-order valence-electron chi connectivity index (χ3n) is 4.01. The zero-order valence-corrected chi connectivity index (χ0v) is 15.2. The second kappa shape index (κ2) is 7.73. The average Bonchev–Trinajstić information content (AvgIpc) is 2.94. The average molecular weight is 336 g/mol. The molecule has 2 heterocycles. The molecule has 2 aromatic heterocycles. The van der Waals surface area contributed by atoms with Crippen LogP contribution in [0.5, 0.6) is 11.8 Å². The summed E-state index contributed by atoms with van der Waals surface area (Å²) in [5, 5.41) is 0. The predicted molar refractivity (Wildman–Crippen MR) is 92.9 cm³/mol. The first kappa shape index (κ1) is 17.7. The van der Waals surface area contributed by atoms with Crippen LogP contribution in [0.1, 0.15) is 55.3 Å². The van der Waals surface area contributed by atoms with Crippen LogP contribution in [0.2, 0.25) is 0 Å². The number of carbonyl (C=O) groups excluding carboxylic acids is 1. The van der Waals surface area contributed by atoms with E-state index in [0.29, 0.717) is 11.8 Å². The fraction of sp³-hybridized carbons (Fsp3) is 0.588. The monoisotopic (exact) mass is 336 g/mol. The molecule has 0 aliphatic carbocycles. The number of ketones is 1. The molecule has 5 nitrogen and oxygen atoms in total. The Kier molecular flexibility index (Phi) is 5.93. The molecule has 0 radical (unpaired) electrons. The zero-order chi connectivity index (χ0) is 17.0. The Labute approximate surface area is 141 Å². The summed E-state index contributed by atoms with van der Waals surface area (Å²) in [6.45, 7) is 6.14. The van der Waals surface area contributed by atoms with Crippen molar-refractivity contribution < 1.29 is 14.3 Å². The summed E-state index contributed by atoms with van der Waals surface area (Å²) in [7, 11) is 3.08. The smallest absolute Gasteiger partial charge is 0.279 e. The van der Waals surface area contributed by atoms with Gasteiger partial charge in [-0.15, -0.1) is 11.3 Å². The highest BCUT2D eigenvalue weighted by molar-refractivity contribution is 7.20. The van der Waals surface area contributed by atoms with Crippen LogP contribution in [0.4, 0.5) is 0 Å².